The second-order valence-electron chi connectivity index (χ2n) is 6.18. The Hall–Kier alpha value is -0.420. The van der Waals surface area contributed by atoms with Crippen molar-refractivity contribution in [3.05, 3.63) is 28.8 Å². The Morgan fingerprint density at radius 1 is 1.41 bits per heavy atom. The maximum Gasteiger partial charge on any atom is 0.122 e. The summed E-state index contributed by atoms with van der Waals surface area (Å²) in [6.07, 6.45) is 3.29. The average Bonchev–Trinajstić information content (AvgIpc) is 3.07. The first kappa shape index (κ1) is 16.4. The van der Waals surface area contributed by atoms with Crippen LogP contribution in [0.25, 0.3) is 0 Å². The fraction of sp³-hybridized carbons (Fsp3) is 0.647. The molecule has 22 heavy (non-hydrogen) atoms. The second-order valence-corrected chi connectivity index (χ2v) is 7.76. The van der Waals surface area contributed by atoms with Crippen LogP contribution < -0.4 is 10.1 Å². The molecule has 2 aliphatic rings. The molecule has 0 radical (unpaired) electrons. The lowest BCUT2D eigenvalue weighted by Crippen LogP contribution is -2.46. The number of benzene rings is 1. The summed E-state index contributed by atoms with van der Waals surface area (Å²) in [7, 11) is 1.74. The van der Waals surface area contributed by atoms with Gasteiger partial charge in [-0.2, -0.15) is 11.8 Å². The van der Waals surface area contributed by atoms with Gasteiger partial charge in [-0.15, -0.1) is 0 Å². The molecule has 0 bridgehead atoms. The van der Waals surface area contributed by atoms with Crippen molar-refractivity contribution < 1.29 is 9.47 Å². The number of methoxy groups -OCH3 is 1. The molecule has 1 aromatic carbocycles. The quantitative estimate of drug-likeness (QED) is 0.888. The molecule has 0 aliphatic carbocycles. The molecule has 0 aromatic heterocycles. The van der Waals surface area contributed by atoms with E-state index in [2.05, 4.69) is 11.4 Å². The third kappa shape index (κ3) is 3.56. The maximum atomic E-state index is 6.27. The van der Waals surface area contributed by atoms with E-state index >= 15 is 0 Å². The first-order chi connectivity index (χ1) is 10.7. The van der Waals surface area contributed by atoms with Gasteiger partial charge in [0, 0.05) is 47.6 Å². The zero-order valence-corrected chi connectivity index (χ0v) is 14.6. The highest BCUT2D eigenvalue weighted by atomic mass is 35.5. The van der Waals surface area contributed by atoms with Crippen molar-refractivity contribution >= 4 is 23.4 Å². The van der Waals surface area contributed by atoms with Crippen molar-refractivity contribution in [2.75, 3.05) is 38.4 Å². The zero-order valence-electron chi connectivity index (χ0n) is 13.1. The van der Waals surface area contributed by atoms with Crippen LogP contribution >= 0.6 is 23.4 Å². The summed E-state index contributed by atoms with van der Waals surface area (Å²) in [6, 6.07) is 6.60. The summed E-state index contributed by atoms with van der Waals surface area (Å²) >= 11 is 8.31. The van der Waals surface area contributed by atoms with E-state index in [0.29, 0.717) is 6.04 Å². The monoisotopic (exact) mass is 341 g/mol. The molecule has 122 valence electrons. The summed E-state index contributed by atoms with van der Waals surface area (Å²) < 4.78 is 11.2. The molecule has 2 heterocycles. The van der Waals surface area contributed by atoms with Gasteiger partial charge in [0.05, 0.1) is 7.11 Å². The van der Waals surface area contributed by atoms with Crippen LogP contribution in [0.1, 0.15) is 24.8 Å². The van der Waals surface area contributed by atoms with E-state index < -0.39 is 0 Å². The largest absolute Gasteiger partial charge is 0.496 e. The molecule has 0 saturated carbocycles. The highest BCUT2D eigenvalue weighted by Gasteiger charge is 2.37. The summed E-state index contributed by atoms with van der Waals surface area (Å²) in [5.41, 5.74) is 1.28. The van der Waals surface area contributed by atoms with Crippen LogP contribution in [0.2, 0.25) is 5.02 Å². The molecule has 1 atom stereocenters. The van der Waals surface area contributed by atoms with Crippen LogP contribution in [0, 0.1) is 0 Å². The summed E-state index contributed by atoms with van der Waals surface area (Å²) in [6.45, 7) is 2.58. The van der Waals surface area contributed by atoms with Crippen LogP contribution in [0.4, 0.5) is 0 Å². The lowest BCUT2D eigenvalue weighted by molar-refractivity contribution is 0.0483. The Kier molecular flexibility index (Phi) is 5.55. The van der Waals surface area contributed by atoms with Gasteiger partial charge in [0.1, 0.15) is 5.75 Å². The number of hydrogen-bond acceptors (Lipinski definition) is 4. The van der Waals surface area contributed by atoms with Gasteiger partial charge in [0.2, 0.25) is 0 Å². The highest BCUT2D eigenvalue weighted by molar-refractivity contribution is 7.99. The minimum Gasteiger partial charge on any atom is -0.496 e. The normalized spacial score (nSPS) is 24.4. The highest BCUT2D eigenvalue weighted by Crippen LogP contribution is 2.41. The van der Waals surface area contributed by atoms with Gasteiger partial charge >= 0.3 is 0 Å². The van der Waals surface area contributed by atoms with Crippen molar-refractivity contribution in [2.24, 2.45) is 0 Å². The van der Waals surface area contributed by atoms with Crippen LogP contribution in [0.5, 0.6) is 5.75 Å². The Bertz CT molecular complexity index is 499. The van der Waals surface area contributed by atoms with Crippen LogP contribution in [-0.4, -0.2) is 44.4 Å². The third-order valence-electron chi connectivity index (χ3n) is 4.84. The van der Waals surface area contributed by atoms with Gasteiger partial charge in [0.15, 0.2) is 0 Å². The number of thioether (sulfide) groups is 1. The van der Waals surface area contributed by atoms with E-state index in [1.807, 2.05) is 23.9 Å². The molecular weight excluding hydrogens is 318 g/mol. The van der Waals surface area contributed by atoms with Gasteiger partial charge in [-0.3, -0.25) is 0 Å². The minimum absolute atomic E-state index is 0.0573. The van der Waals surface area contributed by atoms with Crippen LogP contribution in [0.15, 0.2) is 18.2 Å². The van der Waals surface area contributed by atoms with E-state index in [4.69, 9.17) is 21.1 Å². The van der Waals surface area contributed by atoms with Gasteiger partial charge in [-0.05, 0) is 43.2 Å². The van der Waals surface area contributed by atoms with Crippen molar-refractivity contribution in [1.29, 1.82) is 0 Å². The predicted octanol–water partition coefficient (Wildman–Crippen LogP) is 3.49. The number of ether oxygens (including phenoxy) is 2. The average molecular weight is 342 g/mol. The fourth-order valence-electron chi connectivity index (χ4n) is 3.43. The van der Waals surface area contributed by atoms with E-state index in [1.165, 1.54) is 23.5 Å². The van der Waals surface area contributed by atoms with Crippen molar-refractivity contribution in [3.63, 3.8) is 0 Å². The number of rotatable bonds is 5. The van der Waals surface area contributed by atoms with Gasteiger partial charge in [0.25, 0.3) is 0 Å². The molecule has 1 N–H and O–H groups in total. The molecular formula is C17H24ClNO2S. The summed E-state index contributed by atoms with van der Waals surface area (Å²) in [5, 5.41) is 4.56. The Morgan fingerprint density at radius 3 is 2.91 bits per heavy atom. The molecule has 2 saturated heterocycles. The SMILES string of the molecule is COc1ccc(Cl)cc1C1(CNC2CCSC2)CCOCC1. The number of halogens is 1. The molecule has 2 aliphatic heterocycles. The van der Waals surface area contributed by atoms with E-state index in [0.717, 1.165) is 43.4 Å². The molecule has 2 fully saturated rings. The van der Waals surface area contributed by atoms with E-state index in [1.54, 1.807) is 7.11 Å². The Morgan fingerprint density at radius 2 is 2.23 bits per heavy atom. The lowest BCUT2D eigenvalue weighted by atomic mass is 9.73. The summed E-state index contributed by atoms with van der Waals surface area (Å²) in [4.78, 5) is 0. The zero-order chi connectivity index (χ0) is 15.4. The van der Waals surface area contributed by atoms with E-state index in [9.17, 15) is 0 Å². The smallest absolute Gasteiger partial charge is 0.122 e. The van der Waals surface area contributed by atoms with Crippen LogP contribution in [0.3, 0.4) is 0 Å². The third-order valence-corrected chi connectivity index (χ3v) is 6.24. The Labute approximate surface area is 142 Å². The van der Waals surface area contributed by atoms with Gasteiger partial charge < -0.3 is 14.8 Å². The number of nitrogens with one attached hydrogen (secondary N) is 1. The maximum absolute atomic E-state index is 6.27. The second kappa shape index (κ2) is 7.43. The van der Waals surface area contributed by atoms with Crippen LogP contribution in [-0.2, 0) is 10.2 Å². The Balaban J connectivity index is 1.86. The standard InChI is InChI=1S/C17H24ClNO2S/c1-20-16-3-2-13(18)10-15(16)17(5-7-21-8-6-17)12-19-14-4-9-22-11-14/h2-3,10,14,19H,4-9,11-12H2,1H3. The first-order valence-corrected chi connectivity index (χ1v) is 9.50. The molecule has 3 rings (SSSR count). The van der Waals surface area contributed by atoms with Crippen molar-refractivity contribution in [1.82, 2.24) is 5.32 Å². The predicted molar refractivity (Wildman–Crippen MR) is 93.5 cm³/mol. The minimum atomic E-state index is 0.0573. The molecule has 5 heteroatoms. The number of hydrogen-bond donors (Lipinski definition) is 1. The molecule has 0 spiro atoms. The van der Waals surface area contributed by atoms with Gasteiger partial charge in [-0.25, -0.2) is 0 Å². The van der Waals surface area contributed by atoms with Gasteiger partial charge in [-0.1, -0.05) is 11.6 Å². The molecule has 1 unspecified atom stereocenters. The fourth-order valence-corrected chi connectivity index (χ4v) is 4.79. The first-order valence-electron chi connectivity index (χ1n) is 7.96. The summed E-state index contributed by atoms with van der Waals surface area (Å²) in [5.74, 6) is 3.43. The molecule has 0 amide bonds. The topological polar surface area (TPSA) is 30.5 Å². The van der Waals surface area contributed by atoms with Crippen molar-refractivity contribution in [3.8, 4) is 5.75 Å². The molecule has 3 nitrogen and oxygen atoms in total. The van der Waals surface area contributed by atoms with Crippen molar-refractivity contribution in [2.45, 2.75) is 30.7 Å². The van der Waals surface area contributed by atoms with E-state index in [-0.39, 0.29) is 5.41 Å². The lowest BCUT2D eigenvalue weighted by Gasteiger charge is -2.39. The molecule has 1 aromatic rings.